The van der Waals surface area contributed by atoms with Gasteiger partial charge in [0.25, 0.3) is 0 Å². The molecule has 1 aromatic carbocycles. The number of ether oxygens (including phenoxy) is 1. The van der Waals surface area contributed by atoms with Crippen molar-refractivity contribution in [1.82, 2.24) is 0 Å². The van der Waals surface area contributed by atoms with Crippen molar-refractivity contribution >= 4 is 33.2 Å². The standard InChI is InChI=1S/C12H9BrO2S/c13-10-6-7-16-11(10)12(14)15-8-9-4-2-1-3-5-9/h1-7H,8H2. The van der Waals surface area contributed by atoms with Crippen LogP contribution in [0.1, 0.15) is 15.2 Å². The van der Waals surface area contributed by atoms with Gasteiger partial charge in [-0.05, 0) is 32.9 Å². The average Bonchev–Trinajstić information content (AvgIpc) is 2.74. The van der Waals surface area contributed by atoms with E-state index in [1.165, 1.54) is 11.3 Å². The maximum absolute atomic E-state index is 11.7. The van der Waals surface area contributed by atoms with Crippen LogP contribution < -0.4 is 0 Å². The molecular formula is C12H9BrO2S. The highest BCUT2D eigenvalue weighted by Gasteiger charge is 2.12. The number of hydrogen-bond donors (Lipinski definition) is 0. The fourth-order valence-electron chi connectivity index (χ4n) is 1.23. The Morgan fingerprint density at radius 1 is 1.25 bits per heavy atom. The Morgan fingerprint density at radius 3 is 2.62 bits per heavy atom. The van der Waals surface area contributed by atoms with Crippen molar-refractivity contribution in [3.8, 4) is 0 Å². The molecule has 0 unspecified atom stereocenters. The van der Waals surface area contributed by atoms with Gasteiger partial charge in [-0.15, -0.1) is 11.3 Å². The Morgan fingerprint density at radius 2 is 2.00 bits per heavy atom. The highest BCUT2D eigenvalue weighted by Crippen LogP contribution is 2.23. The van der Waals surface area contributed by atoms with Crippen molar-refractivity contribution < 1.29 is 9.53 Å². The molecule has 2 nitrogen and oxygen atoms in total. The van der Waals surface area contributed by atoms with Gasteiger partial charge in [-0.3, -0.25) is 0 Å². The van der Waals surface area contributed by atoms with Crippen molar-refractivity contribution in [1.29, 1.82) is 0 Å². The summed E-state index contributed by atoms with van der Waals surface area (Å²) in [4.78, 5) is 12.3. The van der Waals surface area contributed by atoms with Gasteiger partial charge in [-0.1, -0.05) is 30.3 Å². The Labute approximate surface area is 106 Å². The van der Waals surface area contributed by atoms with Crippen LogP contribution in [0.25, 0.3) is 0 Å². The molecule has 2 rings (SSSR count). The van der Waals surface area contributed by atoms with Crippen LogP contribution in [-0.4, -0.2) is 5.97 Å². The third-order valence-corrected chi connectivity index (χ3v) is 3.83. The maximum Gasteiger partial charge on any atom is 0.349 e. The summed E-state index contributed by atoms with van der Waals surface area (Å²) in [6.07, 6.45) is 0. The molecule has 0 aliphatic rings. The Kier molecular flexibility index (Phi) is 3.74. The van der Waals surface area contributed by atoms with Crippen LogP contribution in [0.2, 0.25) is 0 Å². The lowest BCUT2D eigenvalue weighted by atomic mass is 10.2. The molecule has 0 saturated carbocycles. The van der Waals surface area contributed by atoms with Crippen molar-refractivity contribution in [3.05, 3.63) is 56.7 Å². The van der Waals surface area contributed by atoms with E-state index in [1.54, 1.807) is 0 Å². The number of hydrogen-bond acceptors (Lipinski definition) is 3. The summed E-state index contributed by atoms with van der Waals surface area (Å²) in [5.41, 5.74) is 0.989. The smallest absolute Gasteiger partial charge is 0.349 e. The third-order valence-electron chi connectivity index (χ3n) is 2.02. The molecule has 0 aliphatic heterocycles. The van der Waals surface area contributed by atoms with E-state index in [4.69, 9.17) is 4.74 Å². The summed E-state index contributed by atoms with van der Waals surface area (Å²) in [5.74, 6) is -0.286. The molecule has 0 atom stereocenters. The van der Waals surface area contributed by atoms with Gasteiger partial charge in [0.05, 0.1) is 0 Å². The minimum atomic E-state index is -0.286. The summed E-state index contributed by atoms with van der Waals surface area (Å²) in [6.45, 7) is 0.310. The summed E-state index contributed by atoms with van der Waals surface area (Å²) in [5, 5.41) is 1.85. The van der Waals surface area contributed by atoms with Crippen LogP contribution >= 0.6 is 27.3 Å². The number of benzene rings is 1. The van der Waals surface area contributed by atoms with Gasteiger partial charge in [0.15, 0.2) is 0 Å². The molecule has 0 saturated heterocycles. The Balaban J connectivity index is 1.97. The van der Waals surface area contributed by atoms with E-state index >= 15 is 0 Å². The summed E-state index contributed by atoms with van der Waals surface area (Å²) in [6, 6.07) is 11.5. The van der Waals surface area contributed by atoms with E-state index in [2.05, 4.69) is 15.9 Å². The first-order chi connectivity index (χ1) is 7.77. The molecule has 2 aromatic rings. The first kappa shape index (κ1) is 11.4. The van der Waals surface area contributed by atoms with Crippen LogP contribution in [0.3, 0.4) is 0 Å². The first-order valence-electron chi connectivity index (χ1n) is 4.71. The molecule has 4 heteroatoms. The maximum atomic E-state index is 11.7. The number of carbonyl (C=O) groups excluding carboxylic acids is 1. The quantitative estimate of drug-likeness (QED) is 0.804. The lowest BCUT2D eigenvalue weighted by Gasteiger charge is -2.03. The zero-order chi connectivity index (χ0) is 11.4. The molecule has 0 N–H and O–H groups in total. The van der Waals surface area contributed by atoms with E-state index in [-0.39, 0.29) is 5.97 Å². The fraction of sp³-hybridized carbons (Fsp3) is 0.0833. The third kappa shape index (κ3) is 2.71. The second-order valence-corrected chi connectivity index (χ2v) is 4.93. The largest absolute Gasteiger partial charge is 0.457 e. The van der Waals surface area contributed by atoms with E-state index in [9.17, 15) is 4.79 Å². The molecular weight excluding hydrogens is 288 g/mol. The van der Waals surface area contributed by atoms with E-state index in [0.29, 0.717) is 11.5 Å². The van der Waals surface area contributed by atoms with Crippen LogP contribution in [0.5, 0.6) is 0 Å². The van der Waals surface area contributed by atoms with Gasteiger partial charge < -0.3 is 4.74 Å². The minimum Gasteiger partial charge on any atom is -0.457 e. The van der Waals surface area contributed by atoms with Gasteiger partial charge >= 0.3 is 5.97 Å². The van der Waals surface area contributed by atoms with Crippen LogP contribution in [-0.2, 0) is 11.3 Å². The predicted octanol–water partition coefficient (Wildman–Crippen LogP) is 3.87. The summed E-state index contributed by atoms with van der Waals surface area (Å²) in [7, 11) is 0. The van der Waals surface area contributed by atoms with Crippen molar-refractivity contribution in [2.24, 2.45) is 0 Å². The fourth-order valence-corrected chi connectivity index (χ4v) is 2.65. The molecule has 82 valence electrons. The van der Waals surface area contributed by atoms with Crippen molar-refractivity contribution in [2.45, 2.75) is 6.61 Å². The highest BCUT2D eigenvalue weighted by molar-refractivity contribution is 9.10. The molecule has 0 bridgehead atoms. The van der Waals surface area contributed by atoms with Crippen molar-refractivity contribution in [3.63, 3.8) is 0 Å². The summed E-state index contributed by atoms with van der Waals surface area (Å²) < 4.78 is 5.98. The second kappa shape index (κ2) is 5.27. The monoisotopic (exact) mass is 296 g/mol. The number of carbonyl (C=O) groups is 1. The van der Waals surface area contributed by atoms with Gasteiger partial charge in [-0.2, -0.15) is 0 Å². The van der Waals surface area contributed by atoms with E-state index < -0.39 is 0 Å². The lowest BCUT2D eigenvalue weighted by Crippen LogP contribution is -2.03. The molecule has 1 aromatic heterocycles. The summed E-state index contributed by atoms with van der Waals surface area (Å²) >= 11 is 4.67. The topological polar surface area (TPSA) is 26.3 Å². The molecule has 16 heavy (non-hydrogen) atoms. The number of halogens is 1. The molecule has 0 aliphatic carbocycles. The number of esters is 1. The first-order valence-corrected chi connectivity index (χ1v) is 6.38. The van der Waals surface area contributed by atoms with Crippen molar-refractivity contribution in [2.75, 3.05) is 0 Å². The molecule has 0 radical (unpaired) electrons. The highest BCUT2D eigenvalue weighted by atomic mass is 79.9. The van der Waals surface area contributed by atoms with Gasteiger partial charge in [0.1, 0.15) is 11.5 Å². The van der Waals surface area contributed by atoms with E-state index in [1.807, 2.05) is 41.8 Å². The zero-order valence-corrected chi connectivity index (χ0v) is 10.8. The molecule has 0 fully saturated rings. The Hall–Kier alpha value is -1.13. The lowest BCUT2D eigenvalue weighted by molar-refractivity contribution is 0.0477. The second-order valence-electron chi connectivity index (χ2n) is 3.16. The predicted molar refractivity (Wildman–Crippen MR) is 67.6 cm³/mol. The van der Waals surface area contributed by atoms with Crippen LogP contribution in [0, 0.1) is 0 Å². The minimum absolute atomic E-state index is 0.286. The average molecular weight is 297 g/mol. The zero-order valence-electron chi connectivity index (χ0n) is 8.35. The van der Waals surface area contributed by atoms with Gasteiger partial charge in [0.2, 0.25) is 0 Å². The SMILES string of the molecule is O=C(OCc1ccccc1)c1sccc1Br. The van der Waals surface area contributed by atoms with E-state index in [0.717, 1.165) is 10.0 Å². The Bertz CT molecular complexity index is 479. The number of rotatable bonds is 3. The van der Waals surface area contributed by atoms with Crippen LogP contribution in [0.4, 0.5) is 0 Å². The van der Waals surface area contributed by atoms with Gasteiger partial charge in [0, 0.05) is 4.47 Å². The molecule has 0 amide bonds. The number of thiophene rings is 1. The van der Waals surface area contributed by atoms with Gasteiger partial charge in [-0.25, -0.2) is 4.79 Å². The molecule has 1 heterocycles. The molecule has 0 spiro atoms. The normalized spacial score (nSPS) is 10.1. The van der Waals surface area contributed by atoms with Crippen LogP contribution in [0.15, 0.2) is 46.3 Å².